The molecule has 0 aromatic heterocycles. The predicted octanol–water partition coefficient (Wildman–Crippen LogP) is 23.0. The monoisotopic (exact) mass is 1030 g/mol. The van der Waals surface area contributed by atoms with Crippen LogP contribution in [-0.4, -0.2) is 11.4 Å². The molecule has 8 aromatic carbocycles. The fourth-order valence-corrected chi connectivity index (χ4v) is 11.3. The Labute approximate surface area is 474 Å². The van der Waals surface area contributed by atoms with Crippen LogP contribution in [0, 0.1) is 0 Å². The predicted molar refractivity (Wildman–Crippen MR) is 349 cm³/mol. The Kier molecular flexibility index (Phi) is 30.8. The van der Waals surface area contributed by atoms with Crippen LogP contribution in [0.5, 0.6) is 0 Å². The SMILES string of the molecule is C.C.CC.CC.CC.CC.CC.CC.CC.CC.CC1(C)c2ccccc2-c2ccccc21.CCN(Cc1ccc2c(c1)C1(c3ccccc3C2)c2ccccc2-c2ccccc21)Cc1cccc2c1-c1ccccc1C2. The van der Waals surface area contributed by atoms with Crippen molar-refractivity contribution in [2.75, 3.05) is 6.54 Å². The summed E-state index contributed by atoms with van der Waals surface area (Å²) in [4.78, 5) is 2.61. The molecule has 0 bridgehead atoms. The van der Waals surface area contributed by atoms with E-state index in [2.05, 4.69) is 208 Å². The van der Waals surface area contributed by atoms with Crippen LogP contribution < -0.4 is 0 Å². The topological polar surface area (TPSA) is 3.24 Å². The molecule has 1 spiro atoms. The van der Waals surface area contributed by atoms with E-state index in [1.54, 1.807) is 0 Å². The highest BCUT2D eigenvalue weighted by Gasteiger charge is 2.49. The van der Waals surface area contributed by atoms with E-state index < -0.39 is 0 Å². The largest absolute Gasteiger partial charge is 0.295 e. The van der Waals surface area contributed by atoms with Gasteiger partial charge in [0.25, 0.3) is 0 Å². The van der Waals surface area contributed by atoms with Gasteiger partial charge < -0.3 is 0 Å². The van der Waals surface area contributed by atoms with Crippen molar-refractivity contribution >= 4 is 0 Å². The molecular formula is C76H105N. The number of hydrogen-bond donors (Lipinski definition) is 0. The van der Waals surface area contributed by atoms with Gasteiger partial charge in [-0.2, -0.15) is 0 Å². The Morgan fingerprint density at radius 2 is 0.701 bits per heavy atom. The molecule has 0 radical (unpaired) electrons. The molecule has 12 rings (SSSR count). The number of nitrogens with zero attached hydrogens (tertiary/aromatic N) is 1. The maximum atomic E-state index is 2.61. The molecule has 0 atom stereocenters. The zero-order valence-electron chi connectivity index (χ0n) is 50.3. The van der Waals surface area contributed by atoms with Crippen molar-refractivity contribution < 1.29 is 0 Å². The van der Waals surface area contributed by atoms with E-state index in [9.17, 15) is 0 Å². The molecule has 77 heavy (non-hydrogen) atoms. The van der Waals surface area contributed by atoms with Crippen molar-refractivity contribution in [1.29, 1.82) is 0 Å². The molecule has 0 N–H and O–H groups in total. The van der Waals surface area contributed by atoms with Crippen LogP contribution in [0.4, 0.5) is 0 Å². The van der Waals surface area contributed by atoms with Crippen molar-refractivity contribution in [3.8, 4) is 33.4 Å². The van der Waals surface area contributed by atoms with Gasteiger partial charge in [0.15, 0.2) is 0 Å². The maximum Gasteiger partial charge on any atom is 0.0719 e. The van der Waals surface area contributed by atoms with Gasteiger partial charge in [-0.05, 0) is 120 Å². The van der Waals surface area contributed by atoms with Gasteiger partial charge in [0.2, 0.25) is 0 Å². The van der Waals surface area contributed by atoms with Crippen molar-refractivity contribution in [2.24, 2.45) is 0 Å². The standard InChI is InChI=1S/C43H35N.C15H14.8C2H6.2CH4/c1-2-44(28-34-15-11-14-33-25-30-12-3-5-16-35(30)42(33)34)27-29-22-23-32-26-31-13-4-8-19-38(31)43(41(32)24-29)39-20-9-6-17-36(39)37-18-7-10-21-40(37)43;1-15(2)13-9-5-3-7-11(13)12-8-4-6-10-14(12)15;8*1-2;;/h3-24H,2,25-28H2,1H3;3-10H,1-2H3;8*1-2H3;2*1H4. The van der Waals surface area contributed by atoms with Crippen LogP contribution in [0.1, 0.15) is 213 Å². The average molecular weight is 1030 g/mol. The number of benzene rings is 8. The third-order valence-corrected chi connectivity index (χ3v) is 14.0. The summed E-state index contributed by atoms with van der Waals surface area (Å²) in [6, 6.07) is 68.1. The lowest BCUT2D eigenvalue weighted by molar-refractivity contribution is 0.271. The first-order valence-electron chi connectivity index (χ1n) is 29.5. The van der Waals surface area contributed by atoms with Gasteiger partial charge in [-0.1, -0.05) is 328 Å². The van der Waals surface area contributed by atoms with E-state index in [0.29, 0.717) is 0 Å². The summed E-state index contributed by atoms with van der Waals surface area (Å²) in [6.07, 6.45) is 2.02. The zero-order valence-corrected chi connectivity index (χ0v) is 50.3. The molecule has 0 aliphatic heterocycles. The number of fused-ring (bicyclic) bond motifs is 15. The van der Waals surface area contributed by atoms with Crippen LogP contribution in [0.25, 0.3) is 33.4 Å². The normalized spacial score (nSPS) is 12.0. The fourth-order valence-electron chi connectivity index (χ4n) is 11.3. The van der Waals surface area contributed by atoms with Crippen LogP contribution in [-0.2, 0) is 36.8 Å². The first-order chi connectivity index (χ1) is 37.0. The fraction of sp³-hybridized carbons (Fsp3) is 0.368. The molecule has 0 unspecified atom stereocenters. The molecule has 1 heteroatoms. The summed E-state index contributed by atoms with van der Waals surface area (Å²) in [5.41, 5.74) is 25.5. The maximum absolute atomic E-state index is 2.61. The smallest absolute Gasteiger partial charge is 0.0719 e. The Morgan fingerprint density at radius 1 is 0.338 bits per heavy atom. The van der Waals surface area contributed by atoms with Crippen molar-refractivity contribution in [3.05, 3.63) is 249 Å². The third-order valence-electron chi connectivity index (χ3n) is 14.0. The van der Waals surface area contributed by atoms with Crippen LogP contribution in [0.3, 0.4) is 0 Å². The van der Waals surface area contributed by atoms with Gasteiger partial charge >= 0.3 is 0 Å². The van der Waals surface area contributed by atoms with Crippen LogP contribution >= 0.6 is 0 Å². The average Bonchev–Trinajstić information content (AvgIpc) is 4.12. The summed E-state index contributed by atoms with van der Waals surface area (Å²) >= 11 is 0. The van der Waals surface area contributed by atoms with E-state index in [-0.39, 0.29) is 25.7 Å². The van der Waals surface area contributed by atoms with E-state index in [4.69, 9.17) is 0 Å². The lowest BCUT2D eigenvalue weighted by Crippen LogP contribution is -2.34. The second kappa shape index (κ2) is 34.5. The highest BCUT2D eigenvalue weighted by Crippen LogP contribution is 2.59. The van der Waals surface area contributed by atoms with E-state index in [0.717, 1.165) is 32.5 Å². The van der Waals surface area contributed by atoms with Gasteiger partial charge in [-0.3, -0.25) is 4.90 Å². The molecule has 0 saturated carbocycles. The molecule has 0 amide bonds. The van der Waals surface area contributed by atoms with Gasteiger partial charge in [-0.25, -0.2) is 0 Å². The highest BCUT2D eigenvalue weighted by molar-refractivity contribution is 5.88. The van der Waals surface area contributed by atoms with Crippen LogP contribution in [0.2, 0.25) is 0 Å². The van der Waals surface area contributed by atoms with E-state index in [1.165, 1.54) is 100 Å². The number of rotatable bonds is 5. The molecule has 0 fully saturated rings. The summed E-state index contributed by atoms with van der Waals surface area (Å²) in [7, 11) is 0. The quantitative estimate of drug-likeness (QED) is 0.166. The Balaban J connectivity index is 0.000000753. The van der Waals surface area contributed by atoms with Gasteiger partial charge in [0.1, 0.15) is 0 Å². The second-order valence-corrected chi connectivity index (χ2v) is 17.5. The molecule has 4 aliphatic rings. The lowest BCUT2D eigenvalue weighted by atomic mass is 9.61. The van der Waals surface area contributed by atoms with E-state index >= 15 is 0 Å². The lowest BCUT2D eigenvalue weighted by Gasteiger charge is -2.40. The minimum atomic E-state index is -0.297. The third kappa shape index (κ3) is 13.7. The van der Waals surface area contributed by atoms with Gasteiger partial charge in [0, 0.05) is 18.5 Å². The summed E-state index contributed by atoms with van der Waals surface area (Å²) in [6.45, 7) is 41.8. The van der Waals surface area contributed by atoms with Crippen molar-refractivity contribution in [1.82, 2.24) is 4.90 Å². The minimum Gasteiger partial charge on any atom is -0.295 e. The summed E-state index contributed by atoms with van der Waals surface area (Å²) in [5.74, 6) is 0. The molecule has 1 nitrogen and oxygen atoms in total. The molecule has 8 aromatic rings. The number of hydrogen-bond acceptors (Lipinski definition) is 1. The van der Waals surface area contributed by atoms with Crippen molar-refractivity contribution in [3.63, 3.8) is 0 Å². The second-order valence-electron chi connectivity index (χ2n) is 17.5. The molecule has 414 valence electrons. The van der Waals surface area contributed by atoms with Crippen molar-refractivity contribution in [2.45, 2.75) is 183 Å². The molecule has 4 aliphatic carbocycles. The zero-order chi connectivity index (χ0) is 55.7. The Morgan fingerprint density at radius 3 is 1.18 bits per heavy atom. The molecule has 0 saturated heterocycles. The van der Waals surface area contributed by atoms with E-state index in [1.807, 2.05) is 111 Å². The first kappa shape index (κ1) is 68.7. The Hall–Kier alpha value is -6.28. The summed E-state index contributed by atoms with van der Waals surface area (Å²) in [5, 5.41) is 0. The summed E-state index contributed by atoms with van der Waals surface area (Å²) < 4.78 is 0. The van der Waals surface area contributed by atoms with Crippen LogP contribution in [0.15, 0.2) is 182 Å². The minimum absolute atomic E-state index is 0. The highest BCUT2D eigenvalue weighted by atomic mass is 15.1. The Bertz CT molecular complexity index is 2830. The first-order valence-corrected chi connectivity index (χ1v) is 29.5. The van der Waals surface area contributed by atoms with Gasteiger partial charge in [0.05, 0.1) is 5.41 Å². The molecule has 0 heterocycles. The molecular weight excluding hydrogens is 927 g/mol. The van der Waals surface area contributed by atoms with Gasteiger partial charge in [-0.15, -0.1) is 0 Å².